The molecule has 0 spiro atoms. The Morgan fingerprint density at radius 3 is 2.22 bits per heavy atom. The third-order valence-corrected chi connectivity index (χ3v) is 16.6. The van der Waals surface area contributed by atoms with Gasteiger partial charge in [-0.05, 0) is 98.9 Å². The number of nitrogens with zero attached hydrogens (tertiary/aromatic N) is 7. The van der Waals surface area contributed by atoms with Crippen LogP contribution in [0.1, 0.15) is 125 Å². The van der Waals surface area contributed by atoms with Crippen LogP contribution in [-0.4, -0.2) is 193 Å². The Hall–Kier alpha value is -3.84. The largest absolute Gasteiger partial charge is 0.459 e. The average molecular weight is 1070 g/mol. The summed E-state index contributed by atoms with van der Waals surface area (Å²) >= 11 is 0. The zero-order chi connectivity index (χ0) is 56.0. The highest BCUT2D eigenvalue weighted by atomic mass is 19.1. The van der Waals surface area contributed by atoms with Gasteiger partial charge < -0.3 is 69.1 Å². The van der Waals surface area contributed by atoms with Gasteiger partial charge in [-0.2, -0.15) is 0 Å². The molecular formula is C55H89FN8O12. The van der Waals surface area contributed by atoms with Crippen LogP contribution in [0.5, 0.6) is 0 Å². The number of methoxy groups -OCH3 is 2. The second-order valence-corrected chi connectivity index (χ2v) is 22.8. The fourth-order valence-electron chi connectivity index (χ4n) is 11.8. The van der Waals surface area contributed by atoms with E-state index in [1.54, 1.807) is 60.3 Å². The topological polar surface area (TPSA) is 252 Å². The van der Waals surface area contributed by atoms with E-state index in [4.69, 9.17) is 38.9 Å². The lowest BCUT2D eigenvalue weighted by molar-refractivity contribution is -0.308. The van der Waals surface area contributed by atoms with Gasteiger partial charge >= 0.3 is 5.97 Å². The standard InChI is InChI=1S/C55H89FN8O12/c1-15-43-55(10,69)48(65)35(6)63(12)29-31(2)24-53(8,68)50(33(4)46(34(5)51(67)74-43)75-45-25-54(9,71-14)49(66)36(7)73-45)76-44-23-41(22-32(3)72-44)62(11)21-20-40-30-64(61-60-40)42(26-56)47(70-13)38-18-16-37(17-19-38)39-27-58-52(57)59-28-39/h16-19,27-28,30-36,41-50,65-66,68-69H,15,20-26,29H2,1-14H3,(H2,57,58,59)/t31-,32-,33+,34-,35-,36+,41+,42-,43-,44+,45+,46+,47-,48-,49+,50-,53-,54-,55-/m1/s1. The van der Waals surface area contributed by atoms with Crippen LogP contribution in [0.4, 0.5) is 10.3 Å². The van der Waals surface area contributed by atoms with E-state index in [-0.39, 0.29) is 43.3 Å². The minimum Gasteiger partial charge on any atom is -0.459 e. The number of aliphatic hydroxyl groups excluding tert-OH is 2. The predicted octanol–water partition coefficient (Wildman–Crippen LogP) is 5.07. The highest BCUT2D eigenvalue weighted by Crippen LogP contribution is 2.41. The summed E-state index contributed by atoms with van der Waals surface area (Å²) in [6.07, 6.45) is -1.43. The second-order valence-electron chi connectivity index (χ2n) is 22.8. The maximum atomic E-state index is 14.9. The van der Waals surface area contributed by atoms with Gasteiger partial charge in [0.15, 0.2) is 12.6 Å². The number of hydrogen-bond donors (Lipinski definition) is 5. The van der Waals surface area contributed by atoms with Gasteiger partial charge in [-0.1, -0.05) is 50.3 Å². The number of alkyl halides is 1. The molecule has 6 rings (SSSR count). The number of aliphatic hydroxyl groups is 4. The second kappa shape index (κ2) is 26.0. The number of ether oxygens (including phenoxy) is 7. The molecule has 0 saturated carbocycles. The first-order valence-electron chi connectivity index (χ1n) is 27.0. The number of nitrogen functional groups attached to an aromatic ring is 1. The number of nitrogens with two attached hydrogens (primary N) is 1. The molecule has 3 aliphatic rings. The molecule has 428 valence electrons. The number of hydrogen-bond acceptors (Lipinski definition) is 19. The van der Waals surface area contributed by atoms with Crippen molar-refractivity contribution in [3.8, 4) is 11.1 Å². The van der Waals surface area contributed by atoms with Crippen LogP contribution >= 0.6 is 0 Å². The summed E-state index contributed by atoms with van der Waals surface area (Å²) in [7, 11) is 6.94. The first kappa shape index (κ1) is 61.4. The Labute approximate surface area is 449 Å². The molecule has 3 aliphatic heterocycles. The van der Waals surface area contributed by atoms with Crippen LogP contribution in [0.15, 0.2) is 42.9 Å². The molecule has 19 atom stereocenters. The van der Waals surface area contributed by atoms with Crippen molar-refractivity contribution in [2.75, 3.05) is 53.8 Å². The quantitative estimate of drug-likeness (QED) is 0.117. The number of benzene rings is 1. The van der Waals surface area contributed by atoms with Crippen LogP contribution in [0.3, 0.4) is 0 Å². The van der Waals surface area contributed by atoms with Crippen molar-refractivity contribution in [1.82, 2.24) is 34.8 Å². The normalized spacial score (nSPS) is 37.5. The van der Waals surface area contributed by atoms with E-state index in [1.807, 2.05) is 71.0 Å². The zero-order valence-corrected chi connectivity index (χ0v) is 47.3. The number of halogens is 1. The summed E-state index contributed by atoms with van der Waals surface area (Å²) in [6, 6.07) is 6.21. The lowest BCUT2D eigenvalue weighted by Crippen LogP contribution is -2.59. The van der Waals surface area contributed by atoms with Crippen molar-refractivity contribution in [3.63, 3.8) is 0 Å². The van der Waals surface area contributed by atoms with E-state index in [9.17, 15) is 29.6 Å². The predicted molar refractivity (Wildman–Crippen MR) is 282 cm³/mol. The number of carbonyl (C=O) groups is 1. The number of esters is 1. The third kappa shape index (κ3) is 14.3. The summed E-state index contributed by atoms with van der Waals surface area (Å²) in [5.41, 5.74) is 4.36. The van der Waals surface area contributed by atoms with Crippen molar-refractivity contribution in [2.24, 2.45) is 17.8 Å². The Morgan fingerprint density at radius 1 is 0.934 bits per heavy atom. The van der Waals surface area contributed by atoms with Gasteiger partial charge in [-0.25, -0.2) is 19.0 Å². The maximum Gasteiger partial charge on any atom is 0.311 e. The van der Waals surface area contributed by atoms with Crippen molar-refractivity contribution in [2.45, 2.75) is 204 Å². The van der Waals surface area contributed by atoms with Gasteiger partial charge in [-0.15, -0.1) is 5.10 Å². The van der Waals surface area contributed by atoms with Gasteiger partial charge in [-0.3, -0.25) is 4.79 Å². The van der Waals surface area contributed by atoms with Crippen LogP contribution in [-0.2, 0) is 44.4 Å². The summed E-state index contributed by atoms with van der Waals surface area (Å²) in [4.78, 5) is 26.8. The van der Waals surface area contributed by atoms with E-state index >= 15 is 0 Å². The average Bonchev–Trinajstić information content (AvgIpc) is 3.86. The van der Waals surface area contributed by atoms with Crippen LogP contribution < -0.4 is 5.73 Å². The molecule has 0 amide bonds. The summed E-state index contributed by atoms with van der Waals surface area (Å²) in [5, 5.41) is 56.4. The monoisotopic (exact) mass is 1070 g/mol. The van der Waals surface area contributed by atoms with Crippen LogP contribution in [0.2, 0.25) is 0 Å². The Morgan fingerprint density at radius 2 is 1.61 bits per heavy atom. The van der Waals surface area contributed by atoms with Crippen molar-refractivity contribution < 1.29 is 62.8 Å². The molecule has 2 aromatic heterocycles. The maximum absolute atomic E-state index is 14.9. The van der Waals surface area contributed by atoms with Crippen molar-refractivity contribution in [3.05, 3.63) is 54.1 Å². The number of rotatable bonds is 16. The molecule has 0 bridgehead atoms. The van der Waals surface area contributed by atoms with Crippen LogP contribution in [0.25, 0.3) is 11.1 Å². The zero-order valence-electron chi connectivity index (χ0n) is 47.3. The fourth-order valence-corrected chi connectivity index (χ4v) is 11.8. The first-order chi connectivity index (χ1) is 35.8. The summed E-state index contributed by atoms with van der Waals surface area (Å²) < 4.78 is 61.0. The molecular weight excluding hydrogens is 984 g/mol. The van der Waals surface area contributed by atoms with Crippen molar-refractivity contribution in [1.29, 1.82) is 0 Å². The number of carbonyl (C=O) groups excluding carboxylic acids is 1. The number of cyclic esters (lactones) is 1. The molecule has 21 heteroatoms. The van der Waals surface area contributed by atoms with Gasteiger partial charge in [0.1, 0.15) is 42.7 Å². The van der Waals surface area contributed by atoms with E-state index < -0.39 is 109 Å². The van der Waals surface area contributed by atoms with Crippen LogP contribution in [0, 0.1) is 17.8 Å². The highest BCUT2D eigenvalue weighted by molar-refractivity contribution is 5.73. The lowest BCUT2D eigenvalue weighted by Gasteiger charge is -2.48. The van der Waals surface area contributed by atoms with E-state index in [1.165, 1.54) is 18.7 Å². The number of anilines is 1. The van der Waals surface area contributed by atoms with E-state index in [2.05, 4.69) is 25.2 Å². The highest BCUT2D eigenvalue weighted by Gasteiger charge is 2.52. The SMILES string of the molecule is CC[C@H]1OC(=O)[C@H](C)[C@@H](O[C@H]2C[C@@](C)(OC)[C@@H](O)[C@H](C)O2)[C@H](C)[C@@H](O[C@H]2C[C@@H](N(C)CCc3cn([C@H](CF)[C@H](OC)c4ccc(-c5cnc(N)nc5)cc4)nn3)C[C@@H](C)O2)[C@](C)(O)C[C@@H](C)CN(C)[C@H](C)[C@@H](O)[C@]1(C)O. The molecule has 6 N–H and O–H groups in total. The smallest absolute Gasteiger partial charge is 0.311 e. The fraction of sp³-hybridized carbons (Fsp3) is 0.764. The Balaban J connectivity index is 1.23. The molecule has 0 aliphatic carbocycles. The first-order valence-corrected chi connectivity index (χ1v) is 27.0. The molecule has 3 aromatic rings. The molecule has 3 saturated heterocycles. The Bertz CT molecular complexity index is 2280. The van der Waals surface area contributed by atoms with E-state index in [0.29, 0.717) is 38.0 Å². The molecule has 0 unspecified atom stereocenters. The summed E-state index contributed by atoms with van der Waals surface area (Å²) in [6.45, 7) is 18.2. The van der Waals surface area contributed by atoms with Gasteiger partial charge in [0.05, 0.1) is 47.2 Å². The molecule has 0 radical (unpaired) electrons. The Kier molecular flexibility index (Phi) is 21.0. The van der Waals surface area contributed by atoms with Gasteiger partial charge in [0.25, 0.3) is 0 Å². The molecule has 20 nitrogen and oxygen atoms in total. The number of likely N-dealkylation sites (N-methyl/N-ethyl adjacent to an activating group) is 2. The minimum atomic E-state index is -1.83. The van der Waals surface area contributed by atoms with Gasteiger partial charge in [0.2, 0.25) is 5.95 Å². The number of aromatic nitrogens is 5. The molecule has 1 aromatic carbocycles. The molecule has 5 heterocycles. The minimum absolute atomic E-state index is 0.0268. The summed E-state index contributed by atoms with van der Waals surface area (Å²) in [5.74, 6) is -2.40. The van der Waals surface area contributed by atoms with E-state index in [0.717, 1.165) is 16.7 Å². The third-order valence-electron chi connectivity index (χ3n) is 16.6. The lowest BCUT2D eigenvalue weighted by atomic mass is 9.77. The molecule has 76 heavy (non-hydrogen) atoms. The van der Waals surface area contributed by atoms with Gasteiger partial charge in [0, 0.05) is 88.7 Å². The molecule has 3 fully saturated rings. The van der Waals surface area contributed by atoms with Crippen molar-refractivity contribution >= 4 is 11.9 Å².